The van der Waals surface area contributed by atoms with Crippen molar-refractivity contribution in [3.05, 3.63) is 71.3 Å². The van der Waals surface area contributed by atoms with Gasteiger partial charge in [0.2, 0.25) is 5.91 Å². The van der Waals surface area contributed by atoms with Crippen LogP contribution in [-0.2, 0) is 12.0 Å². The average molecular weight is 336 g/mol. The summed E-state index contributed by atoms with van der Waals surface area (Å²) in [5, 5.41) is 6.72. The minimum absolute atomic E-state index is 0.227. The molecular formula is C20H24N4O. The maximum atomic E-state index is 11.3. The third-order valence-corrected chi connectivity index (χ3v) is 4.73. The lowest BCUT2D eigenvalue weighted by atomic mass is 9.96. The van der Waals surface area contributed by atoms with Gasteiger partial charge in [-0.3, -0.25) is 9.79 Å². The molecule has 1 fully saturated rings. The Morgan fingerprint density at radius 3 is 2.52 bits per heavy atom. The maximum Gasteiger partial charge on any atom is 0.248 e. The molecule has 2 aromatic rings. The topological polar surface area (TPSA) is 79.5 Å². The van der Waals surface area contributed by atoms with E-state index in [0.29, 0.717) is 12.1 Å². The zero-order chi connectivity index (χ0) is 17.7. The van der Waals surface area contributed by atoms with Crippen molar-refractivity contribution >= 4 is 11.9 Å². The highest BCUT2D eigenvalue weighted by Crippen LogP contribution is 2.47. The van der Waals surface area contributed by atoms with Gasteiger partial charge in [-0.15, -0.1) is 0 Å². The molecule has 1 amide bonds. The monoisotopic (exact) mass is 336 g/mol. The molecule has 0 saturated heterocycles. The number of hydrogen-bond acceptors (Lipinski definition) is 2. The predicted octanol–water partition coefficient (Wildman–Crippen LogP) is 2.18. The van der Waals surface area contributed by atoms with Gasteiger partial charge in [0.15, 0.2) is 5.96 Å². The van der Waals surface area contributed by atoms with E-state index in [1.165, 1.54) is 18.4 Å². The first kappa shape index (κ1) is 17.0. The van der Waals surface area contributed by atoms with E-state index in [9.17, 15) is 4.79 Å². The molecule has 0 spiro atoms. The SMILES string of the molecule is CN=C(NCc1cccc(C(N)=O)c1)NCC1(c2ccccc2)CC1. The normalized spacial score (nSPS) is 15.5. The minimum Gasteiger partial charge on any atom is -0.366 e. The third-order valence-electron chi connectivity index (χ3n) is 4.73. The quantitative estimate of drug-likeness (QED) is 0.559. The lowest BCUT2D eigenvalue weighted by molar-refractivity contribution is 0.1000. The number of carbonyl (C=O) groups excluding carboxylic acids is 1. The van der Waals surface area contributed by atoms with Gasteiger partial charge in [-0.1, -0.05) is 42.5 Å². The molecule has 1 saturated carbocycles. The second kappa shape index (κ2) is 7.38. The predicted molar refractivity (Wildman–Crippen MR) is 101 cm³/mol. The molecule has 130 valence electrons. The molecular weight excluding hydrogens is 312 g/mol. The fourth-order valence-electron chi connectivity index (χ4n) is 3.00. The highest BCUT2D eigenvalue weighted by atomic mass is 16.1. The van der Waals surface area contributed by atoms with Gasteiger partial charge in [0, 0.05) is 31.1 Å². The number of guanidine groups is 1. The minimum atomic E-state index is -0.414. The van der Waals surface area contributed by atoms with E-state index in [1.807, 2.05) is 18.2 Å². The first-order chi connectivity index (χ1) is 12.1. The first-order valence-corrected chi connectivity index (χ1v) is 8.52. The number of nitrogens with two attached hydrogens (primary N) is 1. The van der Waals surface area contributed by atoms with E-state index in [1.54, 1.807) is 19.2 Å². The second-order valence-electron chi connectivity index (χ2n) is 6.49. The molecule has 4 N–H and O–H groups in total. The number of aliphatic imine (C=N–C) groups is 1. The van der Waals surface area contributed by atoms with Crippen molar-refractivity contribution in [2.75, 3.05) is 13.6 Å². The Kier molecular flexibility index (Phi) is 5.03. The number of benzene rings is 2. The van der Waals surface area contributed by atoms with E-state index in [0.717, 1.165) is 18.1 Å². The summed E-state index contributed by atoms with van der Waals surface area (Å²) in [6.07, 6.45) is 2.39. The van der Waals surface area contributed by atoms with Crippen LogP contribution in [0.2, 0.25) is 0 Å². The lowest BCUT2D eigenvalue weighted by Crippen LogP contribution is -2.40. The van der Waals surface area contributed by atoms with Crippen LogP contribution in [0.15, 0.2) is 59.6 Å². The summed E-state index contributed by atoms with van der Waals surface area (Å²) in [5.74, 6) is 0.342. The Bertz CT molecular complexity index is 766. The largest absolute Gasteiger partial charge is 0.366 e. The standard InChI is InChI=1S/C20H24N4O/c1-22-19(23-13-15-6-5-7-16(12-15)18(21)25)24-14-20(10-11-20)17-8-3-2-4-9-17/h2-9,12H,10-11,13-14H2,1H3,(H2,21,25)(H2,22,23,24). The Hall–Kier alpha value is -2.82. The van der Waals surface area contributed by atoms with Gasteiger partial charge in [0.05, 0.1) is 0 Å². The second-order valence-corrected chi connectivity index (χ2v) is 6.49. The van der Waals surface area contributed by atoms with Crippen molar-refractivity contribution in [3.63, 3.8) is 0 Å². The van der Waals surface area contributed by atoms with Crippen LogP contribution in [0.1, 0.15) is 34.3 Å². The Morgan fingerprint density at radius 2 is 1.88 bits per heavy atom. The van der Waals surface area contributed by atoms with E-state index in [2.05, 4.69) is 39.9 Å². The zero-order valence-corrected chi connectivity index (χ0v) is 14.5. The summed E-state index contributed by atoms with van der Waals surface area (Å²) in [6, 6.07) is 17.9. The van der Waals surface area contributed by atoms with Crippen molar-refractivity contribution in [2.45, 2.75) is 24.8 Å². The molecule has 25 heavy (non-hydrogen) atoms. The fraction of sp³-hybridized carbons (Fsp3) is 0.300. The van der Waals surface area contributed by atoms with Gasteiger partial charge in [-0.25, -0.2) is 0 Å². The van der Waals surface area contributed by atoms with Crippen LogP contribution >= 0.6 is 0 Å². The van der Waals surface area contributed by atoms with Crippen molar-refractivity contribution in [1.29, 1.82) is 0 Å². The van der Waals surface area contributed by atoms with Crippen molar-refractivity contribution in [2.24, 2.45) is 10.7 Å². The molecule has 0 heterocycles. The van der Waals surface area contributed by atoms with E-state index < -0.39 is 5.91 Å². The molecule has 2 aromatic carbocycles. The van der Waals surface area contributed by atoms with Crippen LogP contribution in [0.25, 0.3) is 0 Å². The van der Waals surface area contributed by atoms with Crippen LogP contribution in [0.4, 0.5) is 0 Å². The summed E-state index contributed by atoms with van der Waals surface area (Å²) in [4.78, 5) is 15.6. The van der Waals surface area contributed by atoms with Gasteiger partial charge in [-0.05, 0) is 36.1 Å². The van der Waals surface area contributed by atoms with Crippen molar-refractivity contribution < 1.29 is 4.79 Å². The van der Waals surface area contributed by atoms with Crippen molar-refractivity contribution in [3.8, 4) is 0 Å². The average Bonchev–Trinajstić information content (AvgIpc) is 3.44. The van der Waals surface area contributed by atoms with Gasteiger partial charge < -0.3 is 16.4 Å². The number of primary amides is 1. The molecule has 0 atom stereocenters. The molecule has 1 aliphatic rings. The van der Waals surface area contributed by atoms with Crippen LogP contribution in [0, 0.1) is 0 Å². The molecule has 1 aliphatic carbocycles. The summed E-state index contributed by atoms with van der Waals surface area (Å²) in [7, 11) is 1.76. The summed E-state index contributed by atoms with van der Waals surface area (Å²) in [6.45, 7) is 1.44. The molecule has 0 radical (unpaired) electrons. The molecule has 5 heteroatoms. The van der Waals surface area contributed by atoms with Gasteiger partial charge >= 0.3 is 0 Å². The van der Waals surface area contributed by atoms with E-state index in [4.69, 9.17) is 5.73 Å². The third kappa shape index (κ3) is 4.18. The lowest BCUT2D eigenvalue weighted by Gasteiger charge is -2.19. The van der Waals surface area contributed by atoms with Gasteiger partial charge in [-0.2, -0.15) is 0 Å². The van der Waals surface area contributed by atoms with Crippen LogP contribution < -0.4 is 16.4 Å². The first-order valence-electron chi connectivity index (χ1n) is 8.52. The molecule has 0 aromatic heterocycles. The number of rotatable bonds is 6. The summed E-state index contributed by atoms with van der Waals surface area (Å²) < 4.78 is 0. The summed E-state index contributed by atoms with van der Waals surface area (Å²) in [5.41, 5.74) is 8.44. The summed E-state index contributed by atoms with van der Waals surface area (Å²) >= 11 is 0. The van der Waals surface area contributed by atoms with Gasteiger partial charge in [0.25, 0.3) is 0 Å². The highest BCUT2D eigenvalue weighted by Gasteiger charge is 2.43. The number of carbonyl (C=O) groups is 1. The van der Waals surface area contributed by atoms with Crippen LogP contribution in [0.3, 0.4) is 0 Å². The number of amides is 1. The molecule has 0 unspecified atom stereocenters. The maximum absolute atomic E-state index is 11.3. The molecule has 0 aliphatic heterocycles. The van der Waals surface area contributed by atoms with Crippen LogP contribution in [0.5, 0.6) is 0 Å². The fourth-order valence-corrected chi connectivity index (χ4v) is 3.00. The number of nitrogens with one attached hydrogen (secondary N) is 2. The Balaban J connectivity index is 1.56. The van der Waals surface area contributed by atoms with Crippen molar-refractivity contribution in [1.82, 2.24) is 10.6 Å². The Morgan fingerprint density at radius 1 is 1.12 bits per heavy atom. The molecule has 0 bridgehead atoms. The highest BCUT2D eigenvalue weighted by molar-refractivity contribution is 5.92. The van der Waals surface area contributed by atoms with E-state index in [-0.39, 0.29) is 5.41 Å². The van der Waals surface area contributed by atoms with Gasteiger partial charge in [0.1, 0.15) is 0 Å². The molecule has 5 nitrogen and oxygen atoms in total. The molecule has 3 rings (SSSR count). The smallest absolute Gasteiger partial charge is 0.248 e. The van der Waals surface area contributed by atoms with Crippen LogP contribution in [-0.4, -0.2) is 25.5 Å². The number of hydrogen-bond donors (Lipinski definition) is 3. The zero-order valence-electron chi connectivity index (χ0n) is 14.5. The number of nitrogens with zero attached hydrogens (tertiary/aromatic N) is 1. The Labute approximate surface area is 148 Å². The van der Waals surface area contributed by atoms with E-state index >= 15 is 0 Å².